The molecule has 1 aromatic heterocycles. The SMILES string of the molecule is CN(C)CCCNc1cc(NCCN(C)C)ncn1. The Bertz CT molecular complexity index is 353. The number of rotatable bonds is 9. The summed E-state index contributed by atoms with van der Waals surface area (Å²) in [5.74, 6) is 1.74. The van der Waals surface area contributed by atoms with Crippen molar-refractivity contribution in [2.45, 2.75) is 6.42 Å². The van der Waals surface area contributed by atoms with Gasteiger partial charge < -0.3 is 20.4 Å². The molecule has 1 aromatic rings. The molecule has 0 saturated carbocycles. The van der Waals surface area contributed by atoms with E-state index in [9.17, 15) is 0 Å². The van der Waals surface area contributed by atoms with Gasteiger partial charge in [0.05, 0.1) is 0 Å². The molecule has 0 radical (unpaired) electrons. The summed E-state index contributed by atoms with van der Waals surface area (Å²) in [6.07, 6.45) is 2.69. The Labute approximate surface area is 116 Å². The van der Waals surface area contributed by atoms with Gasteiger partial charge in [-0.1, -0.05) is 0 Å². The third kappa shape index (κ3) is 7.58. The van der Waals surface area contributed by atoms with Crippen LogP contribution in [0.1, 0.15) is 6.42 Å². The Morgan fingerprint density at radius 3 is 2.05 bits per heavy atom. The number of aromatic nitrogens is 2. The van der Waals surface area contributed by atoms with Crippen molar-refractivity contribution >= 4 is 11.6 Å². The Balaban J connectivity index is 2.31. The van der Waals surface area contributed by atoms with Crippen LogP contribution in [0.5, 0.6) is 0 Å². The lowest BCUT2D eigenvalue weighted by Gasteiger charge is -2.12. The fourth-order valence-electron chi connectivity index (χ4n) is 1.57. The number of hydrogen-bond acceptors (Lipinski definition) is 6. The van der Waals surface area contributed by atoms with Gasteiger partial charge in [-0.15, -0.1) is 0 Å². The maximum atomic E-state index is 4.21. The molecule has 0 saturated heterocycles. The fraction of sp³-hybridized carbons (Fsp3) is 0.692. The van der Waals surface area contributed by atoms with Gasteiger partial charge in [0.1, 0.15) is 18.0 Å². The van der Waals surface area contributed by atoms with E-state index < -0.39 is 0 Å². The third-order valence-electron chi connectivity index (χ3n) is 2.62. The van der Waals surface area contributed by atoms with E-state index in [1.807, 2.05) is 6.07 Å². The first-order valence-electron chi connectivity index (χ1n) is 6.67. The standard InChI is InChI=1S/C13H26N6/c1-18(2)8-5-6-14-12-10-13(17-11-16-12)15-7-9-19(3)4/h10-11H,5-9H2,1-4H3,(H2,14,15,16,17). The quantitative estimate of drug-likeness (QED) is 0.645. The van der Waals surface area contributed by atoms with Gasteiger partial charge in [-0.05, 0) is 41.2 Å². The molecule has 0 aromatic carbocycles. The number of nitrogens with one attached hydrogen (secondary N) is 2. The lowest BCUT2D eigenvalue weighted by atomic mass is 10.4. The topological polar surface area (TPSA) is 56.3 Å². The summed E-state index contributed by atoms with van der Waals surface area (Å²) in [7, 11) is 8.27. The average Bonchev–Trinajstić information content (AvgIpc) is 2.34. The highest BCUT2D eigenvalue weighted by Gasteiger charge is 1.98. The normalized spacial score (nSPS) is 11.1. The zero-order chi connectivity index (χ0) is 14.1. The van der Waals surface area contributed by atoms with Gasteiger partial charge in [0.2, 0.25) is 0 Å². The Kier molecular flexibility index (Phi) is 7.14. The molecule has 0 aliphatic heterocycles. The highest BCUT2D eigenvalue weighted by molar-refractivity contribution is 5.46. The van der Waals surface area contributed by atoms with Gasteiger partial charge in [0.15, 0.2) is 0 Å². The van der Waals surface area contributed by atoms with Crippen LogP contribution in [0.4, 0.5) is 11.6 Å². The molecule has 0 bridgehead atoms. The van der Waals surface area contributed by atoms with Crippen LogP contribution in [0, 0.1) is 0 Å². The van der Waals surface area contributed by atoms with Gasteiger partial charge >= 0.3 is 0 Å². The van der Waals surface area contributed by atoms with Crippen molar-refractivity contribution in [2.24, 2.45) is 0 Å². The Hall–Kier alpha value is -1.40. The summed E-state index contributed by atoms with van der Waals surface area (Å²) in [5, 5.41) is 6.60. The van der Waals surface area contributed by atoms with Gasteiger partial charge in [0.25, 0.3) is 0 Å². The summed E-state index contributed by atoms with van der Waals surface area (Å²) in [5.41, 5.74) is 0. The first kappa shape index (κ1) is 15.7. The lowest BCUT2D eigenvalue weighted by molar-refractivity contribution is 0.405. The second-order valence-corrected chi connectivity index (χ2v) is 5.10. The van der Waals surface area contributed by atoms with E-state index in [2.05, 4.69) is 58.6 Å². The molecule has 0 aliphatic rings. The Morgan fingerprint density at radius 2 is 1.47 bits per heavy atom. The Morgan fingerprint density at radius 1 is 0.895 bits per heavy atom. The van der Waals surface area contributed by atoms with Crippen LogP contribution in [0.2, 0.25) is 0 Å². The number of likely N-dealkylation sites (N-methyl/N-ethyl adjacent to an activating group) is 1. The van der Waals surface area contributed by atoms with Gasteiger partial charge in [-0.25, -0.2) is 9.97 Å². The molecule has 6 heteroatoms. The van der Waals surface area contributed by atoms with Crippen molar-refractivity contribution in [3.63, 3.8) is 0 Å². The molecule has 0 spiro atoms. The van der Waals surface area contributed by atoms with Crippen molar-refractivity contribution in [1.29, 1.82) is 0 Å². The minimum Gasteiger partial charge on any atom is -0.370 e. The zero-order valence-corrected chi connectivity index (χ0v) is 12.5. The molecule has 2 N–H and O–H groups in total. The van der Waals surface area contributed by atoms with Crippen LogP contribution in [0.15, 0.2) is 12.4 Å². The summed E-state index contributed by atoms with van der Waals surface area (Å²) in [6.45, 7) is 3.86. The largest absolute Gasteiger partial charge is 0.370 e. The molecule has 0 fully saturated rings. The second kappa shape index (κ2) is 8.66. The monoisotopic (exact) mass is 266 g/mol. The van der Waals surface area contributed by atoms with Crippen molar-refractivity contribution < 1.29 is 0 Å². The van der Waals surface area contributed by atoms with E-state index in [0.29, 0.717) is 0 Å². The van der Waals surface area contributed by atoms with E-state index in [1.165, 1.54) is 0 Å². The molecule has 0 unspecified atom stereocenters. The van der Waals surface area contributed by atoms with E-state index in [4.69, 9.17) is 0 Å². The second-order valence-electron chi connectivity index (χ2n) is 5.10. The van der Waals surface area contributed by atoms with Crippen LogP contribution in [0.3, 0.4) is 0 Å². The number of hydrogen-bond donors (Lipinski definition) is 2. The molecule has 0 amide bonds. The molecule has 0 atom stereocenters. The van der Waals surface area contributed by atoms with Crippen molar-refractivity contribution in [3.8, 4) is 0 Å². The molecular weight excluding hydrogens is 240 g/mol. The summed E-state index contributed by atoms with van der Waals surface area (Å²) >= 11 is 0. The number of anilines is 2. The van der Waals surface area contributed by atoms with Crippen molar-refractivity contribution in [2.75, 3.05) is 65.0 Å². The van der Waals surface area contributed by atoms with Gasteiger partial charge in [-0.3, -0.25) is 0 Å². The van der Waals surface area contributed by atoms with Crippen LogP contribution in [0.25, 0.3) is 0 Å². The minimum atomic E-state index is 0.868. The minimum absolute atomic E-state index is 0.868. The predicted octanol–water partition coefficient (Wildman–Crippen LogP) is 0.814. The van der Waals surface area contributed by atoms with Crippen LogP contribution in [-0.4, -0.2) is 74.1 Å². The van der Waals surface area contributed by atoms with Gasteiger partial charge in [-0.2, -0.15) is 0 Å². The predicted molar refractivity (Wildman–Crippen MR) is 80.7 cm³/mol. The van der Waals surface area contributed by atoms with Crippen LogP contribution >= 0.6 is 0 Å². The van der Waals surface area contributed by atoms with Gasteiger partial charge in [0, 0.05) is 25.7 Å². The highest BCUT2D eigenvalue weighted by Crippen LogP contribution is 2.08. The van der Waals surface area contributed by atoms with Crippen LogP contribution < -0.4 is 10.6 Å². The average molecular weight is 266 g/mol. The fourth-order valence-corrected chi connectivity index (χ4v) is 1.57. The summed E-state index contributed by atoms with van der Waals surface area (Å²) < 4.78 is 0. The van der Waals surface area contributed by atoms with Crippen LogP contribution in [-0.2, 0) is 0 Å². The van der Waals surface area contributed by atoms with E-state index in [0.717, 1.165) is 44.2 Å². The smallest absolute Gasteiger partial charge is 0.131 e. The zero-order valence-electron chi connectivity index (χ0n) is 12.5. The summed E-state index contributed by atoms with van der Waals surface area (Å²) in [4.78, 5) is 12.7. The van der Waals surface area contributed by atoms with E-state index >= 15 is 0 Å². The van der Waals surface area contributed by atoms with Crippen molar-refractivity contribution in [1.82, 2.24) is 19.8 Å². The molecule has 19 heavy (non-hydrogen) atoms. The molecular formula is C13H26N6. The lowest BCUT2D eigenvalue weighted by Crippen LogP contribution is -2.21. The summed E-state index contributed by atoms with van der Waals surface area (Å²) in [6, 6.07) is 1.95. The van der Waals surface area contributed by atoms with E-state index in [1.54, 1.807) is 6.33 Å². The molecule has 1 heterocycles. The van der Waals surface area contributed by atoms with Crippen molar-refractivity contribution in [3.05, 3.63) is 12.4 Å². The first-order valence-corrected chi connectivity index (χ1v) is 6.67. The van der Waals surface area contributed by atoms with E-state index in [-0.39, 0.29) is 0 Å². The molecule has 6 nitrogen and oxygen atoms in total. The molecule has 1 rings (SSSR count). The highest BCUT2D eigenvalue weighted by atomic mass is 15.1. The third-order valence-corrected chi connectivity index (χ3v) is 2.62. The molecule has 108 valence electrons. The number of nitrogens with zero attached hydrogens (tertiary/aromatic N) is 4. The first-order chi connectivity index (χ1) is 9.08. The maximum Gasteiger partial charge on any atom is 0.131 e. The molecule has 0 aliphatic carbocycles. The maximum absolute atomic E-state index is 4.21.